The number of imidazole rings is 1. The molecule has 1 N–H and O–H groups in total. The number of benzene rings is 1. The van der Waals surface area contributed by atoms with Gasteiger partial charge < -0.3 is 9.51 Å². The predicted octanol–water partition coefficient (Wildman–Crippen LogP) is 4.08. The van der Waals surface area contributed by atoms with E-state index < -0.39 is 0 Å². The van der Waals surface area contributed by atoms with Crippen molar-refractivity contribution in [2.24, 2.45) is 0 Å². The van der Waals surface area contributed by atoms with Gasteiger partial charge in [0.1, 0.15) is 11.6 Å². The molecule has 0 aliphatic carbocycles. The van der Waals surface area contributed by atoms with Crippen molar-refractivity contribution in [2.45, 2.75) is 52.0 Å². The van der Waals surface area contributed by atoms with Gasteiger partial charge in [0.15, 0.2) is 15.9 Å². The van der Waals surface area contributed by atoms with Crippen molar-refractivity contribution in [3.05, 3.63) is 56.9 Å². The summed E-state index contributed by atoms with van der Waals surface area (Å²) in [5.74, 6) is 1.60. The Hall–Kier alpha value is -3.41. The molecule has 0 unspecified atom stereocenters. The molecule has 5 aromatic rings. The van der Waals surface area contributed by atoms with Crippen molar-refractivity contribution in [2.75, 3.05) is 0 Å². The average Bonchev–Trinajstić information content (AvgIpc) is 3.56. The van der Waals surface area contributed by atoms with E-state index in [0.717, 1.165) is 19.3 Å². The smallest absolute Gasteiger partial charge is 0.286 e. The summed E-state index contributed by atoms with van der Waals surface area (Å²) in [5.41, 5.74) is 1.43. The Morgan fingerprint density at radius 3 is 2.71 bits per heavy atom. The molecule has 10 nitrogen and oxygen atoms in total. The maximum atomic E-state index is 13.2. The van der Waals surface area contributed by atoms with E-state index in [1.54, 1.807) is 16.5 Å². The van der Waals surface area contributed by atoms with E-state index >= 15 is 0 Å². The maximum Gasteiger partial charge on any atom is 0.286 e. The summed E-state index contributed by atoms with van der Waals surface area (Å²) < 4.78 is 22.5. The number of halogens is 2. The number of fused-ring (bicyclic) bond motifs is 2. The van der Waals surface area contributed by atoms with Crippen molar-refractivity contribution < 1.29 is 8.91 Å². The van der Waals surface area contributed by atoms with Gasteiger partial charge in [-0.1, -0.05) is 24.9 Å². The fourth-order valence-electron chi connectivity index (χ4n) is 3.93. The molecular weight excluding hydrogens is 507 g/mol. The van der Waals surface area contributed by atoms with Crippen LogP contribution in [0, 0.1) is 5.82 Å². The Balaban J connectivity index is 1.37. The van der Waals surface area contributed by atoms with Gasteiger partial charge in [-0.25, -0.2) is 13.8 Å². The average molecular weight is 529 g/mol. The summed E-state index contributed by atoms with van der Waals surface area (Å²) in [6.45, 7) is 2.83. The number of hydrogen-bond donors (Lipinski definition) is 1. The largest absolute Gasteiger partial charge is 0.339 e. The van der Waals surface area contributed by atoms with Crippen LogP contribution in [0.4, 0.5) is 4.39 Å². The third-order valence-electron chi connectivity index (χ3n) is 5.63. The summed E-state index contributed by atoms with van der Waals surface area (Å²) in [6.07, 6.45) is 4.74. The fraction of sp³-hybridized carbons (Fsp3) is 0.364. The van der Waals surface area contributed by atoms with Crippen molar-refractivity contribution in [1.29, 1.82) is 0 Å². The van der Waals surface area contributed by atoms with Crippen LogP contribution in [0.2, 0.25) is 0 Å². The number of H-pyrrole nitrogens is 1. The molecule has 5 rings (SSSR count). The summed E-state index contributed by atoms with van der Waals surface area (Å²) in [7, 11) is 0. The van der Waals surface area contributed by atoms with Crippen LogP contribution < -0.4 is 5.56 Å². The van der Waals surface area contributed by atoms with Crippen LogP contribution in [0.3, 0.4) is 0 Å². The van der Waals surface area contributed by atoms with Gasteiger partial charge in [0.25, 0.3) is 5.56 Å². The number of rotatable bonds is 9. The van der Waals surface area contributed by atoms with Gasteiger partial charge in [-0.05, 0) is 53.0 Å². The summed E-state index contributed by atoms with van der Waals surface area (Å²) >= 11 is 3.34. The predicted molar refractivity (Wildman–Crippen MR) is 126 cm³/mol. The molecule has 0 aliphatic rings. The first-order valence-electron chi connectivity index (χ1n) is 11.2. The van der Waals surface area contributed by atoms with Gasteiger partial charge in [0.2, 0.25) is 17.5 Å². The molecule has 0 saturated heterocycles. The van der Waals surface area contributed by atoms with Crippen LogP contribution in [0.1, 0.15) is 44.3 Å². The minimum Gasteiger partial charge on any atom is -0.339 e. The maximum absolute atomic E-state index is 13.2. The standard InChI is InChI=1S/C22H22BrFN8O2/c1-2-3-4-12-31-19-17(26-21(23)27-19)20(33)32-15(28-29-22(31)32)6-5-7-16-25-18(30-34-16)13-8-10-14(24)11-9-13/h8-11H,2-7,12H2,1H3,(H,26,27). The molecule has 0 radical (unpaired) electrons. The first-order valence-corrected chi connectivity index (χ1v) is 11.9. The first kappa shape index (κ1) is 22.4. The lowest BCUT2D eigenvalue weighted by molar-refractivity contribution is 0.375. The van der Waals surface area contributed by atoms with E-state index in [1.807, 2.05) is 4.57 Å². The number of hydrogen-bond acceptors (Lipinski definition) is 7. The zero-order valence-electron chi connectivity index (χ0n) is 18.5. The number of aryl methyl sites for hydroxylation is 3. The highest BCUT2D eigenvalue weighted by atomic mass is 79.9. The van der Waals surface area contributed by atoms with Gasteiger partial charge in [-0.3, -0.25) is 9.36 Å². The van der Waals surface area contributed by atoms with E-state index in [2.05, 4.69) is 53.2 Å². The van der Waals surface area contributed by atoms with Crippen LogP contribution in [0.25, 0.3) is 28.3 Å². The Morgan fingerprint density at radius 2 is 1.91 bits per heavy atom. The van der Waals surface area contributed by atoms with Crippen LogP contribution >= 0.6 is 15.9 Å². The third-order valence-corrected chi connectivity index (χ3v) is 6.01. The van der Waals surface area contributed by atoms with Gasteiger partial charge >= 0.3 is 0 Å². The van der Waals surface area contributed by atoms with E-state index in [0.29, 0.717) is 70.6 Å². The molecule has 0 saturated carbocycles. The molecule has 0 fully saturated rings. The lowest BCUT2D eigenvalue weighted by Gasteiger charge is -2.09. The molecule has 0 atom stereocenters. The van der Waals surface area contributed by atoms with Crippen molar-refractivity contribution >= 4 is 32.9 Å². The van der Waals surface area contributed by atoms with Gasteiger partial charge in [-0.2, -0.15) is 4.98 Å². The molecule has 1 aromatic carbocycles. The number of aromatic nitrogens is 8. The molecule has 0 bridgehead atoms. The second-order valence-electron chi connectivity index (χ2n) is 8.01. The van der Waals surface area contributed by atoms with E-state index in [9.17, 15) is 9.18 Å². The number of nitrogens with zero attached hydrogens (tertiary/aromatic N) is 7. The highest BCUT2D eigenvalue weighted by molar-refractivity contribution is 9.10. The number of unbranched alkanes of at least 4 members (excludes halogenated alkanes) is 2. The molecule has 0 amide bonds. The first-order chi connectivity index (χ1) is 16.5. The summed E-state index contributed by atoms with van der Waals surface area (Å²) in [4.78, 5) is 25.0. The Labute approximate surface area is 201 Å². The second-order valence-corrected chi connectivity index (χ2v) is 8.77. The number of nitrogens with one attached hydrogen (secondary N) is 1. The van der Waals surface area contributed by atoms with E-state index in [1.165, 1.54) is 12.1 Å². The Bertz CT molecular complexity index is 1500. The van der Waals surface area contributed by atoms with E-state index in [-0.39, 0.29) is 11.4 Å². The topological polar surface area (TPSA) is 120 Å². The zero-order chi connectivity index (χ0) is 23.7. The fourth-order valence-corrected chi connectivity index (χ4v) is 4.30. The Kier molecular flexibility index (Phi) is 6.22. The summed E-state index contributed by atoms with van der Waals surface area (Å²) in [6, 6.07) is 5.91. The van der Waals surface area contributed by atoms with Crippen molar-refractivity contribution in [3.63, 3.8) is 0 Å². The molecule has 4 heterocycles. The normalized spacial score (nSPS) is 11.7. The molecule has 34 heavy (non-hydrogen) atoms. The molecule has 0 spiro atoms. The van der Waals surface area contributed by atoms with Crippen LogP contribution in [-0.4, -0.2) is 39.3 Å². The lowest BCUT2D eigenvalue weighted by atomic mass is 10.2. The minimum atomic E-state index is -0.322. The second kappa shape index (κ2) is 9.45. The SMILES string of the molecule is CCCCCn1c2nc(Br)[nH]c2c(=O)n2c(CCCc3nc(-c4ccc(F)cc4)no3)nnc12. The highest BCUT2D eigenvalue weighted by Gasteiger charge is 2.19. The quantitative estimate of drug-likeness (QED) is 0.226. The lowest BCUT2D eigenvalue weighted by Crippen LogP contribution is -2.21. The molecule has 176 valence electrons. The van der Waals surface area contributed by atoms with E-state index in [4.69, 9.17) is 4.52 Å². The number of aromatic amines is 1. The van der Waals surface area contributed by atoms with Gasteiger partial charge in [0.05, 0.1) is 0 Å². The summed E-state index contributed by atoms with van der Waals surface area (Å²) in [5, 5.41) is 12.6. The molecule has 4 aromatic heterocycles. The molecule has 12 heteroatoms. The van der Waals surface area contributed by atoms with Gasteiger partial charge in [-0.15, -0.1) is 10.2 Å². The van der Waals surface area contributed by atoms with Crippen LogP contribution in [0.5, 0.6) is 0 Å². The molecular formula is C22H22BrFN8O2. The van der Waals surface area contributed by atoms with Gasteiger partial charge in [0, 0.05) is 24.9 Å². The Morgan fingerprint density at radius 1 is 1.09 bits per heavy atom. The van der Waals surface area contributed by atoms with Crippen molar-refractivity contribution in [1.82, 2.24) is 39.3 Å². The van der Waals surface area contributed by atoms with Crippen LogP contribution in [0.15, 0.2) is 38.3 Å². The monoisotopic (exact) mass is 528 g/mol. The minimum absolute atomic E-state index is 0.230. The molecule has 0 aliphatic heterocycles. The van der Waals surface area contributed by atoms with Crippen molar-refractivity contribution in [3.8, 4) is 11.4 Å². The zero-order valence-corrected chi connectivity index (χ0v) is 20.0. The third kappa shape index (κ3) is 4.25. The highest BCUT2D eigenvalue weighted by Crippen LogP contribution is 2.19. The van der Waals surface area contributed by atoms with Crippen LogP contribution in [-0.2, 0) is 19.4 Å².